The predicted octanol–water partition coefficient (Wildman–Crippen LogP) is 3.28. The van der Waals surface area contributed by atoms with Crippen molar-refractivity contribution in [3.8, 4) is 0 Å². The highest BCUT2D eigenvalue weighted by Crippen LogP contribution is 2.35. The summed E-state index contributed by atoms with van der Waals surface area (Å²) in [7, 11) is 0. The third-order valence-electron chi connectivity index (χ3n) is 4.83. The van der Waals surface area contributed by atoms with Crippen LogP contribution in [0.2, 0.25) is 0 Å². The summed E-state index contributed by atoms with van der Waals surface area (Å²) in [6, 6.07) is 0.930. The third kappa shape index (κ3) is 4.24. The molecule has 0 aromatic heterocycles. The van der Waals surface area contributed by atoms with Gasteiger partial charge in [-0.05, 0) is 57.0 Å². The molecule has 2 aliphatic rings. The number of nitrogens with one attached hydrogen (secondary N) is 1. The molecule has 106 valence electrons. The fourth-order valence-corrected chi connectivity index (χ4v) is 3.74. The van der Waals surface area contributed by atoms with Crippen LogP contribution in [0.5, 0.6) is 0 Å². The Morgan fingerprint density at radius 2 is 1.83 bits per heavy atom. The van der Waals surface area contributed by atoms with E-state index >= 15 is 0 Å². The van der Waals surface area contributed by atoms with Crippen molar-refractivity contribution in [3.63, 3.8) is 0 Å². The summed E-state index contributed by atoms with van der Waals surface area (Å²) < 4.78 is 0. The van der Waals surface area contributed by atoms with Gasteiger partial charge in [-0.1, -0.05) is 26.7 Å². The minimum absolute atomic E-state index is 0.829. The Kier molecular flexibility index (Phi) is 5.97. The molecule has 0 spiro atoms. The van der Waals surface area contributed by atoms with Crippen molar-refractivity contribution in [3.05, 3.63) is 0 Å². The SMILES string of the molecule is CC(C)CCNCCN1CCCC1C1CCCC1. The lowest BCUT2D eigenvalue weighted by atomic mass is 9.96. The van der Waals surface area contributed by atoms with Crippen LogP contribution in [-0.2, 0) is 0 Å². The van der Waals surface area contributed by atoms with E-state index in [1.165, 1.54) is 71.1 Å². The van der Waals surface area contributed by atoms with Gasteiger partial charge in [0.05, 0.1) is 0 Å². The second-order valence-corrected chi connectivity index (χ2v) is 6.72. The first-order chi connectivity index (χ1) is 8.77. The molecule has 2 rings (SSSR count). The van der Waals surface area contributed by atoms with Gasteiger partial charge in [-0.3, -0.25) is 4.90 Å². The van der Waals surface area contributed by atoms with Gasteiger partial charge >= 0.3 is 0 Å². The predicted molar refractivity (Wildman–Crippen MR) is 78.9 cm³/mol. The van der Waals surface area contributed by atoms with Gasteiger partial charge in [-0.2, -0.15) is 0 Å². The van der Waals surface area contributed by atoms with Gasteiger partial charge in [0.15, 0.2) is 0 Å². The molecule has 0 aromatic carbocycles. The quantitative estimate of drug-likeness (QED) is 0.700. The number of likely N-dealkylation sites (tertiary alicyclic amines) is 1. The Balaban J connectivity index is 1.62. The molecule has 1 saturated carbocycles. The minimum Gasteiger partial charge on any atom is -0.315 e. The summed E-state index contributed by atoms with van der Waals surface area (Å²) in [4.78, 5) is 2.78. The zero-order chi connectivity index (χ0) is 12.8. The number of rotatable bonds is 7. The van der Waals surface area contributed by atoms with Crippen molar-refractivity contribution in [1.29, 1.82) is 0 Å². The first kappa shape index (κ1) is 14.3. The van der Waals surface area contributed by atoms with Crippen LogP contribution >= 0.6 is 0 Å². The Labute approximate surface area is 114 Å². The second-order valence-electron chi connectivity index (χ2n) is 6.72. The lowest BCUT2D eigenvalue weighted by molar-refractivity contribution is 0.191. The molecule has 0 aromatic rings. The number of hydrogen-bond donors (Lipinski definition) is 1. The van der Waals surface area contributed by atoms with E-state index in [9.17, 15) is 0 Å². The molecule has 1 unspecified atom stereocenters. The Morgan fingerprint density at radius 3 is 2.56 bits per heavy atom. The molecule has 1 aliphatic heterocycles. The van der Waals surface area contributed by atoms with E-state index in [2.05, 4.69) is 24.1 Å². The standard InChI is InChI=1S/C16H32N2/c1-14(2)9-10-17-11-13-18-12-5-8-16(18)15-6-3-4-7-15/h14-17H,3-13H2,1-2H3. The summed E-state index contributed by atoms with van der Waals surface area (Å²) in [6.07, 6.45) is 10.2. The number of hydrogen-bond acceptors (Lipinski definition) is 2. The zero-order valence-corrected chi connectivity index (χ0v) is 12.5. The van der Waals surface area contributed by atoms with E-state index in [1.54, 1.807) is 0 Å². The van der Waals surface area contributed by atoms with Crippen LogP contribution in [0.3, 0.4) is 0 Å². The monoisotopic (exact) mass is 252 g/mol. The van der Waals surface area contributed by atoms with Crippen molar-refractivity contribution >= 4 is 0 Å². The fourth-order valence-electron chi connectivity index (χ4n) is 3.74. The van der Waals surface area contributed by atoms with Crippen LogP contribution < -0.4 is 5.32 Å². The molecule has 2 nitrogen and oxygen atoms in total. The summed E-state index contributed by atoms with van der Waals surface area (Å²) in [5.41, 5.74) is 0. The van der Waals surface area contributed by atoms with Crippen LogP contribution in [-0.4, -0.2) is 37.1 Å². The summed E-state index contributed by atoms with van der Waals surface area (Å²) in [5.74, 6) is 1.86. The third-order valence-corrected chi connectivity index (χ3v) is 4.83. The summed E-state index contributed by atoms with van der Waals surface area (Å²) in [5, 5.41) is 3.61. The zero-order valence-electron chi connectivity index (χ0n) is 12.5. The highest BCUT2D eigenvalue weighted by Gasteiger charge is 2.32. The highest BCUT2D eigenvalue weighted by molar-refractivity contribution is 4.87. The van der Waals surface area contributed by atoms with Gasteiger partial charge in [-0.25, -0.2) is 0 Å². The maximum atomic E-state index is 3.61. The molecule has 2 heteroatoms. The van der Waals surface area contributed by atoms with Crippen molar-refractivity contribution < 1.29 is 0 Å². The van der Waals surface area contributed by atoms with Gasteiger partial charge in [-0.15, -0.1) is 0 Å². The van der Waals surface area contributed by atoms with E-state index in [-0.39, 0.29) is 0 Å². The normalized spacial score (nSPS) is 26.5. The van der Waals surface area contributed by atoms with E-state index in [0.717, 1.165) is 17.9 Å². The molecule has 0 amide bonds. The lowest BCUT2D eigenvalue weighted by Crippen LogP contribution is -2.39. The van der Waals surface area contributed by atoms with E-state index < -0.39 is 0 Å². The van der Waals surface area contributed by atoms with Crippen LogP contribution in [0.1, 0.15) is 58.8 Å². The summed E-state index contributed by atoms with van der Waals surface area (Å²) in [6.45, 7) is 9.62. The van der Waals surface area contributed by atoms with Gasteiger partial charge in [0.2, 0.25) is 0 Å². The van der Waals surface area contributed by atoms with Crippen LogP contribution in [0.4, 0.5) is 0 Å². The Hall–Kier alpha value is -0.0800. The van der Waals surface area contributed by atoms with Crippen molar-refractivity contribution in [2.75, 3.05) is 26.2 Å². The first-order valence-electron chi connectivity index (χ1n) is 8.22. The van der Waals surface area contributed by atoms with Gasteiger partial charge in [0.1, 0.15) is 0 Å². The van der Waals surface area contributed by atoms with Crippen LogP contribution in [0.25, 0.3) is 0 Å². The molecular formula is C16H32N2. The lowest BCUT2D eigenvalue weighted by Gasteiger charge is -2.29. The topological polar surface area (TPSA) is 15.3 Å². The van der Waals surface area contributed by atoms with Crippen molar-refractivity contribution in [1.82, 2.24) is 10.2 Å². The molecule has 2 fully saturated rings. The van der Waals surface area contributed by atoms with Crippen LogP contribution in [0, 0.1) is 11.8 Å². The molecule has 1 atom stereocenters. The van der Waals surface area contributed by atoms with E-state index in [4.69, 9.17) is 0 Å². The molecule has 0 bridgehead atoms. The molecular weight excluding hydrogens is 220 g/mol. The molecule has 1 N–H and O–H groups in total. The Bertz CT molecular complexity index is 221. The first-order valence-corrected chi connectivity index (χ1v) is 8.22. The van der Waals surface area contributed by atoms with Gasteiger partial charge in [0, 0.05) is 19.1 Å². The molecule has 0 radical (unpaired) electrons. The van der Waals surface area contributed by atoms with Crippen molar-refractivity contribution in [2.24, 2.45) is 11.8 Å². The Morgan fingerprint density at radius 1 is 1.06 bits per heavy atom. The number of nitrogens with zero attached hydrogens (tertiary/aromatic N) is 1. The molecule has 1 saturated heterocycles. The average molecular weight is 252 g/mol. The maximum absolute atomic E-state index is 3.61. The van der Waals surface area contributed by atoms with Gasteiger partial charge in [0.25, 0.3) is 0 Å². The minimum atomic E-state index is 0.829. The molecule has 1 aliphatic carbocycles. The largest absolute Gasteiger partial charge is 0.315 e. The van der Waals surface area contributed by atoms with Crippen molar-refractivity contribution in [2.45, 2.75) is 64.8 Å². The smallest absolute Gasteiger partial charge is 0.0124 e. The second kappa shape index (κ2) is 7.49. The highest BCUT2D eigenvalue weighted by atomic mass is 15.2. The van der Waals surface area contributed by atoms with Crippen LogP contribution in [0.15, 0.2) is 0 Å². The molecule has 1 heterocycles. The van der Waals surface area contributed by atoms with E-state index in [0.29, 0.717) is 0 Å². The fraction of sp³-hybridized carbons (Fsp3) is 1.00. The van der Waals surface area contributed by atoms with Gasteiger partial charge < -0.3 is 5.32 Å². The summed E-state index contributed by atoms with van der Waals surface area (Å²) >= 11 is 0. The maximum Gasteiger partial charge on any atom is 0.0124 e. The molecule has 18 heavy (non-hydrogen) atoms. The van der Waals surface area contributed by atoms with E-state index in [1.807, 2.05) is 0 Å². The average Bonchev–Trinajstić information content (AvgIpc) is 2.97.